The zero-order valence-corrected chi connectivity index (χ0v) is 15.3. The lowest BCUT2D eigenvalue weighted by Crippen LogP contribution is -2.37. The van der Waals surface area contributed by atoms with Crippen molar-refractivity contribution in [3.8, 4) is 0 Å². The third-order valence-electron chi connectivity index (χ3n) is 4.32. The van der Waals surface area contributed by atoms with E-state index in [2.05, 4.69) is 27.7 Å². The van der Waals surface area contributed by atoms with E-state index in [0.29, 0.717) is 6.54 Å². The number of hydrogen-bond donors (Lipinski definition) is 1. The van der Waals surface area contributed by atoms with Crippen LogP contribution in [-0.2, 0) is 7.05 Å². The number of nitrogens with zero attached hydrogens (tertiary/aromatic N) is 2. The van der Waals surface area contributed by atoms with Crippen molar-refractivity contribution in [2.24, 2.45) is 7.05 Å². The quantitative estimate of drug-likeness (QED) is 0.765. The number of aromatic nitrogens is 1. The molecule has 0 aliphatic rings. The minimum Gasteiger partial charge on any atom is -0.350 e. The van der Waals surface area contributed by atoms with Crippen molar-refractivity contribution in [3.63, 3.8) is 0 Å². The Hall–Kier alpha value is -2.44. The van der Waals surface area contributed by atoms with Crippen molar-refractivity contribution in [3.05, 3.63) is 69.5 Å². The average Bonchev–Trinajstić information content (AvgIpc) is 3.01. The van der Waals surface area contributed by atoms with E-state index in [9.17, 15) is 9.59 Å². The van der Waals surface area contributed by atoms with Gasteiger partial charge in [0.15, 0.2) is 0 Å². The smallest absolute Gasteiger partial charge is 0.263 e. The fourth-order valence-electron chi connectivity index (χ4n) is 2.88. The third kappa shape index (κ3) is 3.50. The van der Waals surface area contributed by atoms with E-state index in [-0.39, 0.29) is 23.1 Å². The lowest BCUT2D eigenvalue weighted by atomic mass is 10.0. The maximum atomic E-state index is 12.4. The van der Waals surface area contributed by atoms with Crippen LogP contribution in [0.5, 0.6) is 0 Å². The van der Waals surface area contributed by atoms with E-state index in [1.165, 1.54) is 20.2 Å². The molecule has 0 saturated heterocycles. The highest BCUT2D eigenvalue weighted by atomic mass is 32.1. The van der Waals surface area contributed by atoms with Crippen LogP contribution >= 0.6 is 11.3 Å². The Morgan fingerprint density at radius 2 is 2.00 bits per heavy atom. The highest BCUT2D eigenvalue weighted by Crippen LogP contribution is 2.31. The van der Waals surface area contributed by atoms with Crippen LogP contribution in [0.3, 0.4) is 0 Å². The van der Waals surface area contributed by atoms with Gasteiger partial charge in [0.25, 0.3) is 11.5 Å². The number of pyridine rings is 1. The summed E-state index contributed by atoms with van der Waals surface area (Å²) >= 11 is 1.70. The predicted octanol–water partition coefficient (Wildman–Crippen LogP) is 2.63. The second-order valence-corrected chi connectivity index (χ2v) is 7.13. The lowest BCUT2D eigenvalue weighted by Gasteiger charge is -2.24. The molecule has 0 fully saturated rings. The first kappa shape index (κ1) is 17.4. The average molecular weight is 355 g/mol. The molecule has 0 unspecified atom stereocenters. The molecular weight excluding hydrogens is 334 g/mol. The Morgan fingerprint density at radius 3 is 2.76 bits per heavy atom. The van der Waals surface area contributed by atoms with Crippen molar-refractivity contribution in [2.75, 3.05) is 20.6 Å². The van der Waals surface area contributed by atoms with Crippen LogP contribution in [0.15, 0.2) is 52.8 Å². The molecule has 5 nitrogen and oxygen atoms in total. The van der Waals surface area contributed by atoms with Crippen LogP contribution in [0, 0.1) is 0 Å². The number of nitrogens with one attached hydrogen (secondary N) is 1. The molecule has 0 aliphatic carbocycles. The number of hydrogen-bond acceptors (Lipinski definition) is 4. The van der Waals surface area contributed by atoms with Gasteiger partial charge in [0.1, 0.15) is 5.56 Å². The topological polar surface area (TPSA) is 54.3 Å². The van der Waals surface area contributed by atoms with Gasteiger partial charge in [0.05, 0.1) is 6.04 Å². The molecule has 2 heterocycles. The summed E-state index contributed by atoms with van der Waals surface area (Å²) < 4.78 is 2.64. The van der Waals surface area contributed by atoms with Gasteiger partial charge in [-0.3, -0.25) is 9.59 Å². The minimum atomic E-state index is -0.340. The van der Waals surface area contributed by atoms with Gasteiger partial charge in [0, 0.05) is 24.5 Å². The third-order valence-corrected chi connectivity index (χ3v) is 5.30. The van der Waals surface area contributed by atoms with Crippen molar-refractivity contribution in [2.45, 2.75) is 6.04 Å². The van der Waals surface area contributed by atoms with Crippen LogP contribution in [0.4, 0.5) is 0 Å². The Morgan fingerprint density at radius 1 is 1.24 bits per heavy atom. The molecule has 0 bridgehead atoms. The zero-order valence-electron chi connectivity index (χ0n) is 14.5. The summed E-state index contributed by atoms with van der Waals surface area (Å²) in [5.41, 5.74) is 1.06. The van der Waals surface area contributed by atoms with E-state index in [4.69, 9.17) is 0 Å². The summed E-state index contributed by atoms with van der Waals surface area (Å²) in [6.45, 7) is 0.435. The summed E-state index contributed by atoms with van der Waals surface area (Å²) in [5, 5.41) is 6.26. The van der Waals surface area contributed by atoms with Crippen LogP contribution < -0.4 is 10.9 Å². The molecule has 0 saturated carbocycles. The van der Waals surface area contributed by atoms with Gasteiger partial charge in [-0.25, -0.2) is 0 Å². The number of thiophene rings is 1. The van der Waals surface area contributed by atoms with Crippen LogP contribution in [-0.4, -0.2) is 36.0 Å². The molecule has 130 valence electrons. The van der Waals surface area contributed by atoms with Gasteiger partial charge in [-0.15, -0.1) is 11.3 Å². The largest absolute Gasteiger partial charge is 0.350 e. The van der Waals surface area contributed by atoms with Gasteiger partial charge in [-0.1, -0.05) is 18.2 Å². The molecule has 1 aromatic carbocycles. The Labute approximate surface area is 150 Å². The molecule has 1 N–H and O–H groups in total. The molecule has 3 aromatic rings. The monoisotopic (exact) mass is 355 g/mol. The molecule has 0 radical (unpaired) electrons. The first-order valence-corrected chi connectivity index (χ1v) is 8.93. The fraction of sp³-hybridized carbons (Fsp3) is 0.263. The van der Waals surface area contributed by atoms with E-state index < -0.39 is 0 Å². The second-order valence-electron chi connectivity index (χ2n) is 6.21. The number of rotatable bonds is 5. The van der Waals surface area contributed by atoms with Crippen LogP contribution in [0.2, 0.25) is 0 Å². The van der Waals surface area contributed by atoms with Crippen molar-refractivity contribution >= 4 is 27.3 Å². The molecular formula is C19H21N3O2S. The highest BCUT2D eigenvalue weighted by molar-refractivity contribution is 7.17. The Balaban J connectivity index is 1.82. The fourth-order valence-corrected chi connectivity index (χ4v) is 3.89. The molecule has 25 heavy (non-hydrogen) atoms. The van der Waals surface area contributed by atoms with E-state index in [1.807, 2.05) is 26.2 Å². The van der Waals surface area contributed by atoms with Gasteiger partial charge in [-0.05, 0) is 48.6 Å². The molecule has 1 atom stereocenters. The summed E-state index contributed by atoms with van der Waals surface area (Å²) in [5.74, 6) is -0.340. The SMILES string of the molecule is CN(C)[C@@H](CNC(=O)c1cccn(C)c1=O)c1csc2ccccc12. The standard InChI is InChI=1S/C19H21N3O2S/c1-21(2)16(15-12-25-17-9-5-4-7-13(15)17)11-20-18(23)14-8-6-10-22(3)19(14)24/h4-10,12,16H,11H2,1-3H3,(H,20,23)/t16-/m0/s1. The zero-order chi connectivity index (χ0) is 18.0. The van der Waals surface area contributed by atoms with Gasteiger partial charge >= 0.3 is 0 Å². The minimum absolute atomic E-state index is 0.0349. The number of benzene rings is 1. The Kier molecular flexibility index (Phi) is 5.01. The predicted molar refractivity (Wildman–Crippen MR) is 102 cm³/mol. The number of carbonyl (C=O) groups excluding carboxylic acids is 1. The first-order chi connectivity index (χ1) is 12.0. The van der Waals surface area contributed by atoms with Gasteiger partial charge in [0.2, 0.25) is 0 Å². The summed E-state index contributed by atoms with van der Waals surface area (Å²) in [7, 11) is 5.62. The summed E-state index contributed by atoms with van der Waals surface area (Å²) in [6.07, 6.45) is 1.64. The van der Waals surface area contributed by atoms with Crippen LogP contribution in [0.25, 0.3) is 10.1 Å². The lowest BCUT2D eigenvalue weighted by molar-refractivity contribution is 0.0940. The maximum absolute atomic E-state index is 12.4. The molecule has 2 aromatic heterocycles. The van der Waals surface area contributed by atoms with Crippen LogP contribution in [0.1, 0.15) is 22.0 Å². The van der Waals surface area contributed by atoms with Crippen molar-refractivity contribution < 1.29 is 4.79 Å². The first-order valence-electron chi connectivity index (χ1n) is 8.05. The number of carbonyl (C=O) groups is 1. The Bertz CT molecular complexity index is 958. The van der Waals surface area contributed by atoms with Crippen molar-refractivity contribution in [1.82, 2.24) is 14.8 Å². The molecule has 0 aliphatic heterocycles. The summed E-state index contributed by atoms with van der Waals surface area (Å²) in [6, 6.07) is 11.5. The molecule has 3 rings (SSSR count). The van der Waals surface area contributed by atoms with Gasteiger partial charge in [-0.2, -0.15) is 0 Å². The number of fused-ring (bicyclic) bond motifs is 1. The van der Waals surface area contributed by atoms with Crippen molar-refractivity contribution in [1.29, 1.82) is 0 Å². The molecule has 6 heteroatoms. The number of likely N-dealkylation sites (N-methyl/N-ethyl adjacent to an activating group) is 1. The number of aryl methyl sites for hydroxylation is 1. The second kappa shape index (κ2) is 7.21. The van der Waals surface area contributed by atoms with E-state index >= 15 is 0 Å². The van der Waals surface area contributed by atoms with Gasteiger partial charge < -0.3 is 14.8 Å². The summed E-state index contributed by atoms with van der Waals surface area (Å²) in [4.78, 5) is 26.6. The normalized spacial score (nSPS) is 12.5. The number of amides is 1. The molecule has 1 amide bonds. The maximum Gasteiger partial charge on any atom is 0.263 e. The highest BCUT2D eigenvalue weighted by Gasteiger charge is 2.20. The molecule has 0 spiro atoms. The van der Waals surface area contributed by atoms with E-state index in [1.54, 1.807) is 36.7 Å². The van der Waals surface area contributed by atoms with E-state index in [0.717, 1.165) is 0 Å².